The van der Waals surface area contributed by atoms with E-state index in [4.69, 9.17) is 17.3 Å². The van der Waals surface area contributed by atoms with Gasteiger partial charge in [-0.3, -0.25) is 0 Å². The molecule has 5 heteroatoms. The van der Waals surface area contributed by atoms with Crippen LogP contribution in [0.2, 0.25) is 5.02 Å². The van der Waals surface area contributed by atoms with E-state index in [9.17, 15) is 0 Å². The molecule has 96 valence electrons. The summed E-state index contributed by atoms with van der Waals surface area (Å²) in [6.07, 6.45) is 1.68. The van der Waals surface area contributed by atoms with Gasteiger partial charge in [-0.05, 0) is 30.7 Å². The number of rotatable bonds is 5. The summed E-state index contributed by atoms with van der Waals surface area (Å²) in [6, 6.07) is 7.80. The largest absolute Gasteiger partial charge is 0.330 e. The number of nitrogens with zero attached hydrogens (tertiary/aromatic N) is 3. The van der Waals surface area contributed by atoms with Crippen molar-refractivity contribution >= 4 is 11.6 Å². The molecule has 18 heavy (non-hydrogen) atoms. The molecule has 2 rings (SSSR count). The summed E-state index contributed by atoms with van der Waals surface area (Å²) >= 11 is 5.98. The van der Waals surface area contributed by atoms with Crippen LogP contribution in [0.1, 0.15) is 23.9 Å². The van der Waals surface area contributed by atoms with Crippen LogP contribution in [0, 0.1) is 0 Å². The lowest BCUT2D eigenvalue weighted by molar-refractivity contribution is 0.622. The summed E-state index contributed by atoms with van der Waals surface area (Å²) in [5.41, 5.74) is 8.85. The number of halogens is 1. The first-order valence-corrected chi connectivity index (χ1v) is 6.48. The van der Waals surface area contributed by atoms with Gasteiger partial charge in [0, 0.05) is 11.4 Å². The highest BCUT2D eigenvalue weighted by Gasteiger charge is 2.10. The highest BCUT2D eigenvalue weighted by molar-refractivity contribution is 6.30. The molecule has 0 aliphatic heterocycles. The second kappa shape index (κ2) is 5.98. The molecular formula is C13H17ClN4. The maximum Gasteiger partial charge on any atom is 0.0871 e. The molecule has 0 bridgehead atoms. The maximum absolute atomic E-state index is 5.98. The molecule has 1 aromatic carbocycles. The zero-order valence-corrected chi connectivity index (χ0v) is 11.2. The van der Waals surface area contributed by atoms with Crippen molar-refractivity contribution in [3.63, 3.8) is 0 Å². The fraction of sp³-hybridized carbons (Fsp3) is 0.385. The van der Waals surface area contributed by atoms with Crippen molar-refractivity contribution < 1.29 is 0 Å². The van der Waals surface area contributed by atoms with E-state index in [-0.39, 0.29) is 0 Å². The molecule has 4 nitrogen and oxygen atoms in total. The Hall–Kier alpha value is -1.39. The first-order chi connectivity index (χ1) is 8.74. The van der Waals surface area contributed by atoms with E-state index in [0.717, 1.165) is 34.8 Å². The Bertz CT molecular complexity index is 521. The van der Waals surface area contributed by atoms with Crippen LogP contribution in [0.15, 0.2) is 24.3 Å². The SMILES string of the molecule is CCc1c(CCN)nnn1Cc1cccc(Cl)c1. The molecular weight excluding hydrogens is 248 g/mol. The van der Waals surface area contributed by atoms with Crippen molar-refractivity contribution in [1.82, 2.24) is 15.0 Å². The van der Waals surface area contributed by atoms with E-state index >= 15 is 0 Å². The van der Waals surface area contributed by atoms with Crippen LogP contribution in [0.5, 0.6) is 0 Å². The molecule has 0 unspecified atom stereocenters. The molecule has 0 aliphatic rings. The topological polar surface area (TPSA) is 56.7 Å². The molecule has 0 spiro atoms. The van der Waals surface area contributed by atoms with Crippen molar-refractivity contribution in [3.05, 3.63) is 46.2 Å². The molecule has 0 fully saturated rings. The van der Waals surface area contributed by atoms with Crippen molar-refractivity contribution in [2.75, 3.05) is 6.54 Å². The molecule has 0 aliphatic carbocycles. The summed E-state index contributed by atoms with van der Waals surface area (Å²) in [7, 11) is 0. The van der Waals surface area contributed by atoms with Gasteiger partial charge in [-0.1, -0.05) is 35.9 Å². The third-order valence-electron chi connectivity index (χ3n) is 2.86. The van der Waals surface area contributed by atoms with Gasteiger partial charge in [-0.2, -0.15) is 0 Å². The Balaban J connectivity index is 2.23. The lowest BCUT2D eigenvalue weighted by Crippen LogP contribution is -2.09. The highest BCUT2D eigenvalue weighted by Crippen LogP contribution is 2.14. The van der Waals surface area contributed by atoms with Gasteiger partial charge in [0.25, 0.3) is 0 Å². The number of nitrogens with two attached hydrogens (primary N) is 1. The molecule has 0 amide bonds. The first-order valence-electron chi connectivity index (χ1n) is 6.10. The third kappa shape index (κ3) is 2.89. The summed E-state index contributed by atoms with van der Waals surface area (Å²) in [5.74, 6) is 0. The van der Waals surface area contributed by atoms with Gasteiger partial charge in [0.05, 0.1) is 17.9 Å². The number of aromatic nitrogens is 3. The Labute approximate surface area is 112 Å². The van der Waals surface area contributed by atoms with Crippen molar-refractivity contribution in [3.8, 4) is 0 Å². The molecule has 0 radical (unpaired) electrons. The predicted molar refractivity (Wildman–Crippen MR) is 72.7 cm³/mol. The van der Waals surface area contributed by atoms with Gasteiger partial charge in [-0.25, -0.2) is 4.68 Å². The number of hydrogen-bond donors (Lipinski definition) is 1. The standard InChI is InChI=1S/C13H17ClN4/c1-2-13-12(6-7-15)16-17-18(13)9-10-4-3-5-11(14)8-10/h3-5,8H,2,6-7,9,15H2,1H3. The summed E-state index contributed by atoms with van der Waals surface area (Å²) < 4.78 is 1.93. The molecule has 1 aromatic heterocycles. The van der Waals surface area contributed by atoms with E-state index in [0.29, 0.717) is 13.1 Å². The van der Waals surface area contributed by atoms with Gasteiger partial charge in [-0.15, -0.1) is 5.10 Å². The second-order valence-corrected chi connectivity index (χ2v) is 4.60. The fourth-order valence-corrected chi connectivity index (χ4v) is 2.23. The Kier molecular flexibility index (Phi) is 4.33. The minimum absolute atomic E-state index is 0.600. The van der Waals surface area contributed by atoms with Gasteiger partial charge < -0.3 is 5.73 Å². The van der Waals surface area contributed by atoms with Gasteiger partial charge in [0.1, 0.15) is 0 Å². The molecule has 1 heterocycles. The molecule has 0 saturated carbocycles. The summed E-state index contributed by atoms with van der Waals surface area (Å²) in [4.78, 5) is 0. The van der Waals surface area contributed by atoms with Crippen LogP contribution in [0.25, 0.3) is 0 Å². The number of hydrogen-bond acceptors (Lipinski definition) is 3. The maximum atomic E-state index is 5.98. The lowest BCUT2D eigenvalue weighted by Gasteiger charge is -2.06. The minimum atomic E-state index is 0.600. The Morgan fingerprint density at radius 1 is 1.39 bits per heavy atom. The lowest BCUT2D eigenvalue weighted by atomic mass is 10.2. The second-order valence-electron chi connectivity index (χ2n) is 4.16. The van der Waals surface area contributed by atoms with Crippen LogP contribution in [-0.4, -0.2) is 21.5 Å². The smallest absolute Gasteiger partial charge is 0.0871 e. The van der Waals surface area contributed by atoms with E-state index < -0.39 is 0 Å². The van der Waals surface area contributed by atoms with E-state index in [1.165, 1.54) is 0 Å². The van der Waals surface area contributed by atoms with Gasteiger partial charge in [0.2, 0.25) is 0 Å². The van der Waals surface area contributed by atoms with Crippen LogP contribution in [0.3, 0.4) is 0 Å². The fourth-order valence-electron chi connectivity index (χ4n) is 2.02. The first kappa shape index (κ1) is 13.1. The monoisotopic (exact) mass is 264 g/mol. The number of benzene rings is 1. The highest BCUT2D eigenvalue weighted by atomic mass is 35.5. The van der Waals surface area contributed by atoms with Gasteiger partial charge in [0.15, 0.2) is 0 Å². The zero-order chi connectivity index (χ0) is 13.0. The van der Waals surface area contributed by atoms with Crippen molar-refractivity contribution in [2.24, 2.45) is 5.73 Å². The normalized spacial score (nSPS) is 10.8. The Morgan fingerprint density at radius 2 is 2.22 bits per heavy atom. The summed E-state index contributed by atoms with van der Waals surface area (Å²) in [5, 5.41) is 9.14. The molecule has 0 atom stereocenters. The quantitative estimate of drug-likeness (QED) is 0.899. The minimum Gasteiger partial charge on any atom is -0.330 e. The average Bonchev–Trinajstić information content (AvgIpc) is 2.72. The van der Waals surface area contributed by atoms with E-state index in [1.807, 2.05) is 28.9 Å². The molecule has 2 aromatic rings. The van der Waals surface area contributed by atoms with Crippen LogP contribution in [-0.2, 0) is 19.4 Å². The van der Waals surface area contributed by atoms with Crippen LogP contribution >= 0.6 is 11.6 Å². The Morgan fingerprint density at radius 3 is 2.89 bits per heavy atom. The van der Waals surface area contributed by atoms with Crippen molar-refractivity contribution in [1.29, 1.82) is 0 Å². The average molecular weight is 265 g/mol. The van der Waals surface area contributed by atoms with Crippen LogP contribution < -0.4 is 5.73 Å². The van der Waals surface area contributed by atoms with Gasteiger partial charge >= 0.3 is 0 Å². The van der Waals surface area contributed by atoms with Crippen molar-refractivity contribution in [2.45, 2.75) is 26.3 Å². The summed E-state index contributed by atoms with van der Waals surface area (Å²) in [6.45, 7) is 3.40. The molecule has 0 saturated heterocycles. The third-order valence-corrected chi connectivity index (χ3v) is 3.09. The van der Waals surface area contributed by atoms with E-state index in [2.05, 4.69) is 17.2 Å². The predicted octanol–water partition coefficient (Wildman–Crippen LogP) is 2.04. The zero-order valence-electron chi connectivity index (χ0n) is 10.4. The molecule has 2 N–H and O–H groups in total. The van der Waals surface area contributed by atoms with Crippen LogP contribution in [0.4, 0.5) is 0 Å². The van der Waals surface area contributed by atoms with E-state index in [1.54, 1.807) is 0 Å².